The summed E-state index contributed by atoms with van der Waals surface area (Å²) in [5.74, 6) is -1.54. The van der Waals surface area contributed by atoms with Crippen LogP contribution in [-0.4, -0.2) is 30.3 Å². The zero-order chi connectivity index (χ0) is 18.3. The molecule has 0 saturated heterocycles. The number of hydrogen-bond acceptors (Lipinski definition) is 5. The highest BCUT2D eigenvalue weighted by atomic mass is 16.5. The monoisotopic (exact) mass is 335 g/mol. The van der Waals surface area contributed by atoms with Gasteiger partial charge in [0.05, 0.1) is 24.7 Å². The Bertz CT molecular complexity index is 565. The van der Waals surface area contributed by atoms with Gasteiger partial charge in [-0.2, -0.15) is 0 Å². The maximum atomic E-state index is 12.3. The van der Waals surface area contributed by atoms with Gasteiger partial charge in [-0.15, -0.1) is 0 Å². The number of esters is 1. The average molecular weight is 335 g/mol. The Labute approximate surface area is 143 Å². The smallest absolute Gasteiger partial charge is 0.338 e. The van der Waals surface area contributed by atoms with Gasteiger partial charge in [0.25, 0.3) is 0 Å². The van der Waals surface area contributed by atoms with Gasteiger partial charge in [0.2, 0.25) is 0 Å². The summed E-state index contributed by atoms with van der Waals surface area (Å²) in [5, 5.41) is 21.0. The van der Waals surface area contributed by atoms with Crippen molar-refractivity contribution in [3.8, 4) is 0 Å². The second kappa shape index (κ2) is 8.83. The van der Waals surface area contributed by atoms with Crippen LogP contribution in [0.1, 0.15) is 61.3 Å². The summed E-state index contributed by atoms with van der Waals surface area (Å²) in [5.41, 5.74) is -0.753. The molecule has 0 aliphatic heterocycles. The molecule has 0 aliphatic rings. The van der Waals surface area contributed by atoms with E-state index in [0.29, 0.717) is 5.92 Å². The summed E-state index contributed by atoms with van der Waals surface area (Å²) in [7, 11) is 0. The van der Waals surface area contributed by atoms with E-state index in [9.17, 15) is 19.8 Å². The van der Waals surface area contributed by atoms with Crippen LogP contribution < -0.4 is 5.11 Å². The maximum Gasteiger partial charge on any atom is 0.338 e. The van der Waals surface area contributed by atoms with Crippen LogP contribution in [-0.2, 0) is 4.74 Å². The molecule has 0 aromatic heterocycles. The van der Waals surface area contributed by atoms with Crippen LogP contribution in [0, 0.1) is 17.3 Å². The SMILES string of the molecule is CC(C)CCC(CO)(COC(=O)c1ccccc1C(=O)[O-])C(C)C. The van der Waals surface area contributed by atoms with Gasteiger partial charge in [0.15, 0.2) is 0 Å². The largest absolute Gasteiger partial charge is 0.545 e. The van der Waals surface area contributed by atoms with E-state index in [1.54, 1.807) is 6.07 Å². The van der Waals surface area contributed by atoms with Crippen molar-refractivity contribution in [1.82, 2.24) is 0 Å². The first-order chi connectivity index (χ1) is 11.2. The normalized spacial score (nSPS) is 13.8. The molecule has 134 valence electrons. The van der Waals surface area contributed by atoms with Crippen LogP contribution in [0.5, 0.6) is 0 Å². The van der Waals surface area contributed by atoms with Gasteiger partial charge in [0.1, 0.15) is 0 Å². The number of carbonyl (C=O) groups excluding carboxylic acids is 2. The van der Waals surface area contributed by atoms with Gasteiger partial charge in [-0.3, -0.25) is 0 Å². The van der Waals surface area contributed by atoms with Gasteiger partial charge in [-0.25, -0.2) is 4.79 Å². The van der Waals surface area contributed by atoms with Crippen molar-refractivity contribution in [3.05, 3.63) is 35.4 Å². The van der Waals surface area contributed by atoms with E-state index in [4.69, 9.17) is 4.74 Å². The molecule has 0 aliphatic carbocycles. The molecule has 1 atom stereocenters. The van der Waals surface area contributed by atoms with E-state index in [0.717, 1.165) is 12.8 Å². The number of aliphatic hydroxyl groups is 1. The molecule has 0 fully saturated rings. The fourth-order valence-electron chi connectivity index (χ4n) is 2.54. The Morgan fingerprint density at radius 1 is 1.17 bits per heavy atom. The quantitative estimate of drug-likeness (QED) is 0.700. The summed E-state index contributed by atoms with van der Waals surface area (Å²) < 4.78 is 5.38. The molecule has 0 heterocycles. The number of rotatable bonds is 9. The molecule has 5 heteroatoms. The molecular formula is C19H27O5-. The minimum absolute atomic E-state index is 0.0306. The summed E-state index contributed by atoms with van der Waals surface area (Å²) in [6.45, 7) is 8.13. The average Bonchev–Trinajstić information content (AvgIpc) is 2.54. The number of hydrogen-bond donors (Lipinski definition) is 1. The van der Waals surface area contributed by atoms with Crippen LogP contribution in [0.2, 0.25) is 0 Å². The van der Waals surface area contributed by atoms with Crippen molar-refractivity contribution < 1.29 is 24.5 Å². The molecule has 5 nitrogen and oxygen atoms in total. The van der Waals surface area contributed by atoms with Gasteiger partial charge in [-0.05, 0) is 24.3 Å². The predicted octanol–water partition coefficient (Wildman–Crippen LogP) is 2.28. The van der Waals surface area contributed by atoms with Crippen LogP contribution in [0.4, 0.5) is 0 Å². The molecule has 24 heavy (non-hydrogen) atoms. The Morgan fingerprint density at radius 2 is 1.75 bits per heavy atom. The fourth-order valence-corrected chi connectivity index (χ4v) is 2.54. The number of aliphatic hydroxyl groups excluding tert-OH is 1. The standard InChI is InChI=1S/C19H28O5/c1-13(2)9-10-19(11-20,14(3)4)12-24-18(23)16-8-6-5-7-15(16)17(21)22/h5-8,13-14,20H,9-12H2,1-4H3,(H,21,22)/p-1. The van der Waals surface area contributed by atoms with Gasteiger partial charge in [0, 0.05) is 11.0 Å². The number of carbonyl (C=O) groups is 2. The van der Waals surface area contributed by atoms with Crippen molar-refractivity contribution >= 4 is 11.9 Å². The first-order valence-electron chi connectivity index (χ1n) is 8.32. The van der Waals surface area contributed by atoms with Crippen LogP contribution >= 0.6 is 0 Å². The molecule has 1 aromatic carbocycles. The lowest BCUT2D eigenvalue weighted by Gasteiger charge is -2.36. The Balaban J connectivity index is 2.90. The molecule has 1 N–H and O–H groups in total. The van der Waals surface area contributed by atoms with Crippen LogP contribution in [0.25, 0.3) is 0 Å². The van der Waals surface area contributed by atoms with Crippen molar-refractivity contribution in [2.75, 3.05) is 13.2 Å². The highest BCUT2D eigenvalue weighted by molar-refractivity contribution is 6.01. The van der Waals surface area contributed by atoms with Gasteiger partial charge < -0.3 is 19.7 Å². The first kappa shape index (κ1) is 20.2. The second-order valence-electron chi connectivity index (χ2n) is 7.02. The summed E-state index contributed by atoms with van der Waals surface area (Å²) in [4.78, 5) is 23.4. The van der Waals surface area contributed by atoms with E-state index >= 15 is 0 Å². The van der Waals surface area contributed by atoms with Gasteiger partial charge >= 0.3 is 5.97 Å². The number of aromatic carboxylic acids is 1. The van der Waals surface area contributed by atoms with E-state index in [2.05, 4.69) is 13.8 Å². The van der Waals surface area contributed by atoms with Gasteiger partial charge in [-0.1, -0.05) is 52.3 Å². The first-order valence-corrected chi connectivity index (χ1v) is 8.32. The molecule has 1 unspecified atom stereocenters. The molecular weight excluding hydrogens is 308 g/mol. The minimum atomic E-state index is -1.42. The fraction of sp³-hybridized carbons (Fsp3) is 0.579. The zero-order valence-corrected chi connectivity index (χ0v) is 14.9. The molecule has 0 amide bonds. The van der Waals surface area contributed by atoms with Crippen LogP contribution in [0.15, 0.2) is 24.3 Å². The lowest BCUT2D eigenvalue weighted by molar-refractivity contribution is -0.255. The van der Waals surface area contributed by atoms with Crippen LogP contribution in [0.3, 0.4) is 0 Å². The van der Waals surface area contributed by atoms with E-state index in [1.807, 2.05) is 13.8 Å². The summed E-state index contributed by atoms with van der Waals surface area (Å²) in [6.07, 6.45) is 1.64. The van der Waals surface area contributed by atoms with Crippen molar-refractivity contribution in [1.29, 1.82) is 0 Å². The Morgan fingerprint density at radius 3 is 2.21 bits per heavy atom. The Kier molecular flexibility index (Phi) is 7.42. The van der Waals surface area contributed by atoms with Crippen molar-refractivity contribution in [2.45, 2.75) is 40.5 Å². The molecule has 1 rings (SSSR count). The van der Waals surface area contributed by atoms with E-state index in [1.165, 1.54) is 18.2 Å². The number of carboxylic acids is 1. The third-order valence-electron chi connectivity index (χ3n) is 4.62. The summed E-state index contributed by atoms with van der Waals surface area (Å²) in [6, 6.07) is 5.81. The molecule has 0 saturated carbocycles. The number of benzene rings is 1. The number of carboxylic acid groups (broad SMARTS) is 1. The minimum Gasteiger partial charge on any atom is -0.545 e. The van der Waals surface area contributed by atoms with E-state index < -0.39 is 17.4 Å². The third-order valence-corrected chi connectivity index (χ3v) is 4.62. The highest BCUT2D eigenvalue weighted by Crippen LogP contribution is 2.34. The Hall–Kier alpha value is -1.88. The highest BCUT2D eigenvalue weighted by Gasteiger charge is 2.35. The lowest BCUT2D eigenvalue weighted by atomic mass is 9.74. The summed E-state index contributed by atoms with van der Waals surface area (Å²) >= 11 is 0. The molecule has 0 radical (unpaired) electrons. The van der Waals surface area contributed by atoms with Crippen molar-refractivity contribution in [2.24, 2.45) is 17.3 Å². The lowest BCUT2D eigenvalue weighted by Crippen LogP contribution is -2.38. The zero-order valence-electron chi connectivity index (χ0n) is 14.9. The molecule has 0 bridgehead atoms. The topological polar surface area (TPSA) is 86.7 Å². The third kappa shape index (κ3) is 5.06. The molecule has 1 aromatic rings. The molecule has 0 spiro atoms. The van der Waals surface area contributed by atoms with E-state index in [-0.39, 0.29) is 30.3 Å². The number of ether oxygens (including phenoxy) is 1. The van der Waals surface area contributed by atoms with Crippen molar-refractivity contribution in [3.63, 3.8) is 0 Å². The maximum absolute atomic E-state index is 12.3. The predicted molar refractivity (Wildman–Crippen MR) is 89.5 cm³/mol. The second-order valence-corrected chi connectivity index (χ2v) is 7.02.